The lowest BCUT2D eigenvalue weighted by Gasteiger charge is -2.19. The molecule has 2 atom stereocenters. The molecule has 0 radical (unpaired) electrons. The van der Waals surface area contributed by atoms with Crippen LogP contribution in [0, 0.1) is 0 Å². The van der Waals surface area contributed by atoms with Crippen LogP contribution in [0.1, 0.15) is 23.8 Å². The Morgan fingerprint density at radius 3 is 2.74 bits per heavy atom. The van der Waals surface area contributed by atoms with Crippen LogP contribution in [-0.2, 0) is 11.3 Å². The molecule has 138 valence electrons. The highest BCUT2D eigenvalue weighted by Gasteiger charge is 2.32. The number of carbonyl (C=O) groups is 1. The van der Waals surface area contributed by atoms with E-state index in [4.69, 9.17) is 4.52 Å². The number of benzene rings is 1. The van der Waals surface area contributed by atoms with Crippen molar-refractivity contribution in [3.05, 3.63) is 72.2 Å². The molecule has 1 saturated heterocycles. The normalized spacial score (nSPS) is 19.1. The van der Waals surface area contributed by atoms with E-state index in [0.29, 0.717) is 18.7 Å². The van der Waals surface area contributed by atoms with E-state index in [1.807, 2.05) is 36.4 Å². The topological polar surface area (TPSA) is 83.3 Å². The first kappa shape index (κ1) is 17.4. The third-order valence-corrected chi connectivity index (χ3v) is 4.71. The maximum atomic E-state index is 12.8. The van der Waals surface area contributed by atoms with Gasteiger partial charge in [0.1, 0.15) is 11.7 Å². The number of nitrogens with one attached hydrogen (secondary N) is 2. The van der Waals surface area contributed by atoms with Crippen LogP contribution in [-0.4, -0.2) is 34.0 Å². The first-order chi connectivity index (χ1) is 13.2. The fourth-order valence-electron chi connectivity index (χ4n) is 3.25. The quantitative estimate of drug-likeness (QED) is 0.724. The molecule has 4 rings (SSSR count). The van der Waals surface area contributed by atoms with Gasteiger partial charge in [-0.3, -0.25) is 9.78 Å². The fourth-order valence-corrected chi connectivity index (χ4v) is 3.25. The summed E-state index contributed by atoms with van der Waals surface area (Å²) in [5.74, 6) is 0.658. The van der Waals surface area contributed by atoms with Gasteiger partial charge in [0.05, 0.1) is 6.54 Å². The Kier molecular flexibility index (Phi) is 4.95. The van der Waals surface area contributed by atoms with Gasteiger partial charge in [-0.2, -0.15) is 0 Å². The van der Waals surface area contributed by atoms with Crippen molar-refractivity contribution in [2.24, 2.45) is 0 Å². The summed E-state index contributed by atoms with van der Waals surface area (Å²) < 4.78 is 5.39. The number of aromatic nitrogens is 2. The molecule has 3 heterocycles. The fraction of sp³-hybridized carbons (Fsp3) is 0.250. The standard InChI is InChI=1S/C20H21N5O2/c1-25(13-16-11-18(24-27-16)15-7-9-21-10-8-15)20(26)19-12-17(22-23-19)14-5-3-2-4-6-14/h2-11,17,19,22-23H,12-13H2,1H3. The highest BCUT2D eigenvalue weighted by Crippen LogP contribution is 2.23. The Morgan fingerprint density at radius 2 is 1.96 bits per heavy atom. The lowest BCUT2D eigenvalue weighted by atomic mass is 10.0. The zero-order chi connectivity index (χ0) is 18.6. The molecule has 7 nitrogen and oxygen atoms in total. The number of hydrogen-bond donors (Lipinski definition) is 2. The SMILES string of the molecule is CN(Cc1cc(-c2ccncc2)no1)C(=O)C1CC(c2ccccc2)NN1. The summed E-state index contributed by atoms with van der Waals surface area (Å²) in [4.78, 5) is 18.4. The maximum Gasteiger partial charge on any atom is 0.241 e. The van der Waals surface area contributed by atoms with Crippen LogP contribution in [0.3, 0.4) is 0 Å². The molecule has 2 aromatic heterocycles. The molecular formula is C20H21N5O2. The van der Waals surface area contributed by atoms with Gasteiger partial charge in [0.2, 0.25) is 5.91 Å². The van der Waals surface area contributed by atoms with Crippen LogP contribution in [0.2, 0.25) is 0 Å². The first-order valence-corrected chi connectivity index (χ1v) is 8.87. The number of amides is 1. The van der Waals surface area contributed by atoms with Crippen molar-refractivity contribution < 1.29 is 9.32 Å². The van der Waals surface area contributed by atoms with Crippen molar-refractivity contribution in [1.29, 1.82) is 0 Å². The van der Waals surface area contributed by atoms with Gasteiger partial charge in [-0.1, -0.05) is 35.5 Å². The number of hydrazine groups is 1. The van der Waals surface area contributed by atoms with E-state index in [0.717, 1.165) is 11.3 Å². The average Bonchev–Trinajstić information content (AvgIpc) is 3.39. The van der Waals surface area contributed by atoms with E-state index >= 15 is 0 Å². The summed E-state index contributed by atoms with van der Waals surface area (Å²) in [5.41, 5.74) is 9.15. The van der Waals surface area contributed by atoms with Gasteiger partial charge in [0.25, 0.3) is 0 Å². The molecule has 7 heteroatoms. The number of hydrogen-bond acceptors (Lipinski definition) is 6. The minimum absolute atomic E-state index is 0.0165. The molecule has 0 aliphatic carbocycles. The van der Waals surface area contributed by atoms with Crippen LogP contribution >= 0.6 is 0 Å². The first-order valence-electron chi connectivity index (χ1n) is 8.87. The molecule has 1 aromatic carbocycles. The van der Waals surface area contributed by atoms with Crippen molar-refractivity contribution in [1.82, 2.24) is 25.9 Å². The van der Waals surface area contributed by atoms with Gasteiger partial charge in [0.15, 0.2) is 5.76 Å². The Labute approximate surface area is 157 Å². The monoisotopic (exact) mass is 363 g/mol. The number of pyridine rings is 1. The Hall–Kier alpha value is -3.03. The van der Waals surface area contributed by atoms with E-state index in [-0.39, 0.29) is 18.0 Å². The summed E-state index contributed by atoms with van der Waals surface area (Å²) in [6.45, 7) is 0.366. The molecule has 2 unspecified atom stereocenters. The third-order valence-electron chi connectivity index (χ3n) is 4.71. The second-order valence-electron chi connectivity index (χ2n) is 6.65. The largest absolute Gasteiger partial charge is 0.359 e. The van der Waals surface area contributed by atoms with E-state index in [9.17, 15) is 4.79 Å². The molecule has 3 aromatic rings. The van der Waals surface area contributed by atoms with Gasteiger partial charge < -0.3 is 9.42 Å². The molecule has 2 N–H and O–H groups in total. The molecule has 1 fully saturated rings. The van der Waals surface area contributed by atoms with Crippen molar-refractivity contribution in [2.45, 2.75) is 25.0 Å². The molecule has 27 heavy (non-hydrogen) atoms. The Morgan fingerprint density at radius 1 is 1.19 bits per heavy atom. The van der Waals surface area contributed by atoms with Crippen LogP contribution in [0.5, 0.6) is 0 Å². The van der Waals surface area contributed by atoms with E-state index in [1.54, 1.807) is 24.3 Å². The predicted octanol–water partition coefficient (Wildman–Crippen LogP) is 2.30. The van der Waals surface area contributed by atoms with E-state index in [2.05, 4.69) is 33.1 Å². The predicted molar refractivity (Wildman–Crippen MR) is 100 cm³/mol. The lowest BCUT2D eigenvalue weighted by Crippen LogP contribution is -2.43. The smallest absolute Gasteiger partial charge is 0.241 e. The molecule has 0 bridgehead atoms. The summed E-state index contributed by atoms with van der Waals surface area (Å²) in [6, 6.07) is 15.6. The van der Waals surface area contributed by atoms with Crippen molar-refractivity contribution in [3.63, 3.8) is 0 Å². The maximum absolute atomic E-state index is 12.8. The lowest BCUT2D eigenvalue weighted by molar-refractivity contribution is -0.132. The van der Waals surface area contributed by atoms with Gasteiger partial charge >= 0.3 is 0 Å². The second-order valence-corrected chi connectivity index (χ2v) is 6.65. The van der Waals surface area contributed by atoms with Gasteiger partial charge in [0, 0.05) is 37.1 Å². The van der Waals surface area contributed by atoms with Crippen molar-refractivity contribution in [2.75, 3.05) is 7.05 Å². The zero-order valence-corrected chi connectivity index (χ0v) is 15.0. The van der Waals surface area contributed by atoms with Crippen molar-refractivity contribution >= 4 is 5.91 Å². The number of rotatable bonds is 5. The number of nitrogens with zero attached hydrogens (tertiary/aromatic N) is 3. The van der Waals surface area contributed by atoms with E-state index < -0.39 is 0 Å². The molecule has 1 aliphatic rings. The van der Waals surface area contributed by atoms with Crippen LogP contribution in [0.4, 0.5) is 0 Å². The Bertz CT molecular complexity index is 897. The summed E-state index contributed by atoms with van der Waals surface area (Å²) in [5, 5.41) is 4.08. The third kappa shape index (κ3) is 3.89. The van der Waals surface area contributed by atoms with Crippen LogP contribution in [0.15, 0.2) is 65.4 Å². The number of carbonyl (C=O) groups excluding carboxylic acids is 1. The second kappa shape index (κ2) is 7.69. The Balaban J connectivity index is 1.37. The zero-order valence-electron chi connectivity index (χ0n) is 15.0. The van der Waals surface area contributed by atoms with Crippen LogP contribution in [0.25, 0.3) is 11.3 Å². The van der Waals surface area contributed by atoms with Gasteiger partial charge in [-0.05, 0) is 24.1 Å². The van der Waals surface area contributed by atoms with Gasteiger partial charge in [-0.25, -0.2) is 10.9 Å². The molecule has 1 aliphatic heterocycles. The van der Waals surface area contributed by atoms with Crippen LogP contribution < -0.4 is 10.9 Å². The van der Waals surface area contributed by atoms with E-state index in [1.165, 1.54) is 5.56 Å². The minimum atomic E-state index is -0.275. The van der Waals surface area contributed by atoms with Crippen molar-refractivity contribution in [3.8, 4) is 11.3 Å². The molecule has 1 amide bonds. The molecule has 0 spiro atoms. The summed E-state index contributed by atoms with van der Waals surface area (Å²) in [6.07, 6.45) is 4.12. The summed E-state index contributed by atoms with van der Waals surface area (Å²) >= 11 is 0. The average molecular weight is 363 g/mol. The minimum Gasteiger partial charge on any atom is -0.359 e. The summed E-state index contributed by atoms with van der Waals surface area (Å²) in [7, 11) is 1.77. The molecule has 0 saturated carbocycles. The number of likely N-dealkylation sites (N-methyl/N-ethyl adjacent to an activating group) is 1. The highest BCUT2D eigenvalue weighted by atomic mass is 16.5. The van der Waals surface area contributed by atoms with Gasteiger partial charge in [-0.15, -0.1) is 0 Å². The highest BCUT2D eigenvalue weighted by molar-refractivity contribution is 5.82. The molecular weight excluding hydrogens is 342 g/mol.